The van der Waals surface area contributed by atoms with Crippen molar-refractivity contribution in [3.63, 3.8) is 0 Å². The molecule has 5 heterocycles. The molecule has 6 aromatic rings. The molecule has 0 bridgehead atoms. The van der Waals surface area contributed by atoms with Crippen LogP contribution in [0.5, 0.6) is 0 Å². The highest BCUT2D eigenvalue weighted by Crippen LogP contribution is 2.47. The van der Waals surface area contributed by atoms with Crippen molar-refractivity contribution in [1.82, 2.24) is 27.7 Å². The van der Waals surface area contributed by atoms with Crippen LogP contribution in [0.2, 0.25) is 20.1 Å². The molecule has 9 rings (SSSR count). The van der Waals surface area contributed by atoms with Gasteiger partial charge in [0.15, 0.2) is 10.1 Å². The molecule has 70 heavy (non-hydrogen) atoms. The Hall–Kier alpha value is -5.84. The van der Waals surface area contributed by atoms with Gasteiger partial charge in [0, 0.05) is 59.6 Å². The van der Waals surface area contributed by atoms with E-state index in [0.29, 0.717) is 42.6 Å². The normalized spacial score (nSPS) is 19.1. The molecule has 17 nitrogen and oxygen atoms in total. The number of ether oxygens (including phenoxy) is 1. The molecular formula is C47H42Cl4N10O7S2. The number of carbonyl (C=O) groups excluding carboxylic acids is 2. The number of sulfonamides is 2. The molecule has 4 aromatic carbocycles. The van der Waals surface area contributed by atoms with Crippen LogP contribution in [0.25, 0.3) is 0 Å². The Labute approximate surface area is 424 Å². The summed E-state index contributed by atoms with van der Waals surface area (Å²) in [6, 6.07) is 27.2. The third-order valence-corrected chi connectivity index (χ3v) is 16.9. The minimum absolute atomic E-state index is 0.0838. The Bertz CT molecular complexity index is 3330. The van der Waals surface area contributed by atoms with Gasteiger partial charge in [0.1, 0.15) is 11.1 Å². The smallest absolute Gasteiger partial charge is 0.260 e. The number of morpholine rings is 1. The molecule has 1 saturated heterocycles. The van der Waals surface area contributed by atoms with Gasteiger partial charge in [-0.2, -0.15) is 19.1 Å². The molecule has 0 aliphatic carbocycles. The van der Waals surface area contributed by atoms with Crippen LogP contribution in [0.1, 0.15) is 43.0 Å². The number of fused-ring (bicyclic) bond motifs is 2. The third kappa shape index (κ3) is 9.06. The monoisotopic (exact) mass is 1060 g/mol. The molecule has 3 aliphatic rings. The minimum Gasteiger partial charge on any atom is -0.379 e. The molecule has 0 saturated carbocycles. The Kier molecular flexibility index (Phi) is 14.0. The molecule has 23 heteroatoms. The fourth-order valence-corrected chi connectivity index (χ4v) is 12.6. The Morgan fingerprint density at radius 2 is 1.04 bits per heavy atom. The first-order valence-electron chi connectivity index (χ1n) is 21.5. The van der Waals surface area contributed by atoms with Gasteiger partial charge in [-0.3, -0.25) is 18.7 Å². The molecule has 1 fully saturated rings. The van der Waals surface area contributed by atoms with E-state index in [1.165, 1.54) is 47.0 Å². The van der Waals surface area contributed by atoms with Crippen molar-refractivity contribution in [3.8, 4) is 12.1 Å². The van der Waals surface area contributed by atoms with Crippen LogP contribution in [0.15, 0.2) is 107 Å². The number of anilines is 4. The van der Waals surface area contributed by atoms with Crippen LogP contribution >= 0.6 is 46.4 Å². The van der Waals surface area contributed by atoms with E-state index in [9.17, 15) is 26.4 Å². The summed E-state index contributed by atoms with van der Waals surface area (Å²) in [6.45, 7) is 6.31. The summed E-state index contributed by atoms with van der Waals surface area (Å²) in [5, 5.41) is 19.4. The predicted octanol–water partition coefficient (Wildman–Crippen LogP) is 8.06. The fraction of sp³-hybridized carbons (Fsp3) is 0.277. The number of hydrogen-bond donors (Lipinski definition) is 0. The second-order valence-corrected chi connectivity index (χ2v) is 22.6. The molecule has 2 amide bonds. The third-order valence-electron chi connectivity index (χ3n) is 12.3. The highest BCUT2D eigenvalue weighted by Gasteiger charge is 2.54. The lowest BCUT2D eigenvalue weighted by atomic mass is 9.91. The van der Waals surface area contributed by atoms with Crippen molar-refractivity contribution in [2.75, 3.05) is 49.7 Å². The summed E-state index contributed by atoms with van der Waals surface area (Å²) < 4.78 is 64.8. The van der Waals surface area contributed by atoms with Gasteiger partial charge in [-0.15, -0.1) is 0 Å². The molecule has 0 radical (unpaired) electrons. The molecule has 2 atom stereocenters. The van der Waals surface area contributed by atoms with Gasteiger partial charge in [-0.05, 0) is 85.6 Å². The molecule has 3 aliphatic heterocycles. The lowest BCUT2D eigenvalue weighted by Gasteiger charge is -2.30. The van der Waals surface area contributed by atoms with Crippen molar-refractivity contribution in [1.29, 1.82) is 10.5 Å². The Morgan fingerprint density at radius 3 is 1.43 bits per heavy atom. The minimum atomic E-state index is -3.98. The van der Waals surface area contributed by atoms with Crippen LogP contribution in [0.4, 0.5) is 23.3 Å². The molecular weight excluding hydrogens is 1020 g/mol. The number of hydrogen-bond acceptors (Lipinski definition) is 11. The second-order valence-electron chi connectivity index (χ2n) is 17.0. The fourth-order valence-electron chi connectivity index (χ4n) is 8.67. The first-order valence-corrected chi connectivity index (χ1v) is 25.9. The zero-order chi connectivity index (χ0) is 50.5. The first-order chi connectivity index (χ1) is 33.2. The van der Waals surface area contributed by atoms with Crippen molar-refractivity contribution < 1.29 is 31.2 Å². The Balaban J connectivity index is 0.000000189. The van der Waals surface area contributed by atoms with Gasteiger partial charge in [0.2, 0.25) is 11.9 Å². The average molecular weight is 1060 g/mol. The van der Waals surface area contributed by atoms with Crippen molar-refractivity contribution in [2.45, 2.75) is 54.7 Å². The number of benzene rings is 4. The van der Waals surface area contributed by atoms with E-state index in [4.69, 9.17) is 61.7 Å². The second kappa shape index (κ2) is 19.4. The number of carbonyl (C=O) groups is 2. The van der Waals surface area contributed by atoms with Crippen molar-refractivity contribution >= 4 is 102 Å². The number of halogens is 4. The average Bonchev–Trinajstić information content (AvgIpc) is 4.07. The highest BCUT2D eigenvalue weighted by atomic mass is 35.5. The number of imidazole rings is 2. The van der Waals surface area contributed by atoms with Crippen LogP contribution < -0.4 is 9.80 Å². The van der Waals surface area contributed by atoms with Gasteiger partial charge >= 0.3 is 0 Å². The zero-order valence-corrected chi connectivity index (χ0v) is 42.5. The quantitative estimate of drug-likeness (QED) is 0.121. The number of rotatable bonds is 11. The molecule has 0 spiro atoms. The molecule has 362 valence electrons. The highest BCUT2D eigenvalue weighted by molar-refractivity contribution is 7.89. The summed E-state index contributed by atoms with van der Waals surface area (Å²) in [5.41, 5.74) is 0.565. The maximum atomic E-state index is 14.0. The lowest BCUT2D eigenvalue weighted by Crippen LogP contribution is -2.45. The van der Waals surface area contributed by atoms with Crippen LogP contribution in [0.3, 0.4) is 0 Å². The first kappa shape index (κ1) is 50.5. The number of amides is 2. The van der Waals surface area contributed by atoms with Gasteiger partial charge in [0.25, 0.3) is 31.9 Å². The van der Waals surface area contributed by atoms with E-state index < -0.39 is 31.1 Å². The van der Waals surface area contributed by atoms with Gasteiger partial charge < -0.3 is 4.74 Å². The van der Waals surface area contributed by atoms with Crippen molar-refractivity contribution in [3.05, 3.63) is 140 Å². The van der Waals surface area contributed by atoms with Gasteiger partial charge in [-0.1, -0.05) is 77.6 Å². The number of nitrogens with zero attached hydrogens (tertiary/aromatic N) is 10. The van der Waals surface area contributed by atoms with Crippen LogP contribution in [0, 0.1) is 22.7 Å². The summed E-state index contributed by atoms with van der Waals surface area (Å²) >= 11 is 24.8. The van der Waals surface area contributed by atoms with E-state index in [0.717, 1.165) is 11.1 Å². The van der Waals surface area contributed by atoms with Crippen LogP contribution in [-0.4, -0.2) is 96.3 Å². The zero-order valence-electron chi connectivity index (χ0n) is 37.8. The van der Waals surface area contributed by atoms with E-state index in [2.05, 4.69) is 22.1 Å². The van der Waals surface area contributed by atoms with E-state index in [-0.39, 0.29) is 79.5 Å². The number of aromatic nitrogens is 4. The summed E-state index contributed by atoms with van der Waals surface area (Å²) in [4.78, 5) is 39.4. The van der Waals surface area contributed by atoms with Gasteiger partial charge in [-0.25, -0.2) is 36.6 Å². The number of nitriles is 2. The predicted molar refractivity (Wildman–Crippen MR) is 264 cm³/mol. The molecule has 0 unspecified atom stereocenters. The van der Waals surface area contributed by atoms with E-state index in [1.54, 1.807) is 106 Å². The van der Waals surface area contributed by atoms with E-state index in [1.807, 2.05) is 0 Å². The molecule has 0 N–H and O–H groups in total. The lowest BCUT2D eigenvalue weighted by molar-refractivity contribution is -0.124. The van der Waals surface area contributed by atoms with Crippen molar-refractivity contribution in [2.24, 2.45) is 0 Å². The SMILES string of the molecule is CCN(C)S(=O)(=O)c1cnc2n1[C@](C)(Cc1ccc(C#N)cc1)C(=O)N2c1cc(Cl)cc(Cl)c1.C[C@@]1(Cc2ccc(C#N)cc2)C(=O)N(c2cc(Cl)cc(Cl)c2)c2ncc(S(=O)(=O)N3CCOCC3)n21. The standard InChI is InChI=1S/C24H21Cl2N5O4S.C23H21Cl2N5O3S/c1-24(13-16-2-4-17(14-27)5-3-16)22(32)30(20-11-18(25)10-19(26)12-20)23-28-15-21(31(23)24)36(33,34)29-6-8-35-9-7-29;1-4-28(3)34(32,33)20-14-27-22-29(19-10-17(24)9-18(25)11-19)21(31)23(2,30(20)22)12-15-5-7-16(13-26)8-6-15/h2-5,10-12,15H,6-9,13H2,1H3;5-11,14H,4,12H2,1-3H3/t24-;23-/m11/s1. The topological polar surface area (TPSA) is 208 Å². The maximum Gasteiger partial charge on any atom is 0.260 e. The van der Waals surface area contributed by atoms with Crippen LogP contribution in [-0.2, 0) is 58.3 Å². The summed E-state index contributed by atoms with van der Waals surface area (Å²) in [6.07, 6.45) is 2.88. The maximum absolute atomic E-state index is 14.0. The largest absolute Gasteiger partial charge is 0.379 e. The van der Waals surface area contributed by atoms with E-state index >= 15 is 0 Å². The molecule has 2 aromatic heterocycles. The Morgan fingerprint density at radius 1 is 0.657 bits per heavy atom. The van der Waals surface area contributed by atoms with Gasteiger partial charge in [0.05, 0.1) is 60.2 Å². The summed E-state index contributed by atoms with van der Waals surface area (Å²) in [7, 11) is -6.44. The summed E-state index contributed by atoms with van der Waals surface area (Å²) in [5.74, 6) is -0.454.